The maximum Gasteiger partial charge on any atom is 0.218 e. The molecule has 1 unspecified atom stereocenters. The molecule has 0 radical (unpaired) electrons. The van der Waals surface area contributed by atoms with E-state index in [-0.39, 0.29) is 12.5 Å². The van der Waals surface area contributed by atoms with E-state index in [0.29, 0.717) is 0 Å². The van der Waals surface area contributed by atoms with Gasteiger partial charge >= 0.3 is 0 Å². The molecule has 5 heteroatoms. The minimum absolute atomic E-state index is 0.120. The summed E-state index contributed by atoms with van der Waals surface area (Å²) in [7, 11) is 0. The summed E-state index contributed by atoms with van der Waals surface area (Å²) >= 11 is 0. The first kappa shape index (κ1) is 9.88. The van der Waals surface area contributed by atoms with Gasteiger partial charge in [-0.25, -0.2) is 0 Å². The summed E-state index contributed by atoms with van der Waals surface area (Å²) in [5, 5.41) is 36.6. The molecule has 4 N–H and O–H groups in total. The van der Waals surface area contributed by atoms with Gasteiger partial charge in [-0.2, -0.15) is 0 Å². The largest absolute Gasteiger partial charge is 0.391 e. The van der Waals surface area contributed by atoms with E-state index < -0.39 is 24.6 Å². The molecule has 1 aliphatic rings. The Morgan fingerprint density at radius 3 is 2.58 bits per heavy atom. The molecular formula is C7H14O5. The van der Waals surface area contributed by atoms with Crippen LogP contribution >= 0.6 is 0 Å². The van der Waals surface area contributed by atoms with E-state index in [4.69, 9.17) is 9.84 Å². The van der Waals surface area contributed by atoms with Crippen LogP contribution in [0.4, 0.5) is 0 Å². The van der Waals surface area contributed by atoms with Crippen LogP contribution in [0.15, 0.2) is 0 Å². The van der Waals surface area contributed by atoms with Crippen molar-refractivity contribution in [2.75, 3.05) is 13.2 Å². The van der Waals surface area contributed by atoms with Crippen LogP contribution in [0.25, 0.3) is 0 Å². The quantitative estimate of drug-likeness (QED) is 0.375. The van der Waals surface area contributed by atoms with Gasteiger partial charge in [-0.1, -0.05) is 6.92 Å². The first-order valence-electron chi connectivity index (χ1n) is 3.84. The van der Waals surface area contributed by atoms with Crippen LogP contribution in [0.1, 0.15) is 6.92 Å². The smallest absolute Gasteiger partial charge is 0.218 e. The summed E-state index contributed by atoms with van der Waals surface area (Å²) in [4.78, 5) is 0. The zero-order valence-corrected chi connectivity index (χ0v) is 6.84. The summed E-state index contributed by atoms with van der Waals surface area (Å²) < 4.78 is 4.81. The highest BCUT2D eigenvalue weighted by atomic mass is 16.7. The molecule has 1 aliphatic heterocycles. The van der Waals surface area contributed by atoms with Gasteiger partial charge < -0.3 is 25.2 Å². The van der Waals surface area contributed by atoms with Crippen LogP contribution in [0.3, 0.4) is 0 Å². The number of hydrogen-bond acceptors (Lipinski definition) is 5. The molecule has 1 rings (SSSR count). The van der Waals surface area contributed by atoms with Crippen molar-refractivity contribution < 1.29 is 25.2 Å². The molecule has 0 aromatic rings. The number of ether oxygens (including phenoxy) is 1. The summed E-state index contributed by atoms with van der Waals surface area (Å²) in [6, 6.07) is 0. The van der Waals surface area contributed by atoms with Crippen molar-refractivity contribution in [3.63, 3.8) is 0 Å². The molecule has 5 nitrogen and oxygen atoms in total. The van der Waals surface area contributed by atoms with Crippen molar-refractivity contribution in [2.24, 2.45) is 5.92 Å². The average Bonchev–Trinajstić information content (AvgIpc) is 2.09. The third kappa shape index (κ3) is 1.46. The van der Waals surface area contributed by atoms with Gasteiger partial charge in [0.15, 0.2) is 0 Å². The minimum Gasteiger partial charge on any atom is -0.391 e. The predicted octanol–water partition coefficient (Wildman–Crippen LogP) is -1.94. The van der Waals surface area contributed by atoms with E-state index in [1.54, 1.807) is 6.92 Å². The lowest BCUT2D eigenvalue weighted by molar-refractivity contribution is -0.323. The first-order valence-corrected chi connectivity index (χ1v) is 3.84. The molecule has 0 amide bonds. The average molecular weight is 178 g/mol. The second-order valence-corrected chi connectivity index (χ2v) is 3.23. The van der Waals surface area contributed by atoms with Crippen LogP contribution in [0.5, 0.6) is 0 Å². The third-order valence-corrected chi connectivity index (χ3v) is 2.19. The fourth-order valence-electron chi connectivity index (χ4n) is 1.18. The van der Waals surface area contributed by atoms with E-state index in [1.807, 2.05) is 0 Å². The Labute approximate surface area is 70.2 Å². The van der Waals surface area contributed by atoms with Crippen molar-refractivity contribution in [3.8, 4) is 0 Å². The highest BCUT2D eigenvalue weighted by Crippen LogP contribution is 2.26. The molecule has 1 heterocycles. The highest BCUT2D eigenvalue weighted by Gasteiger charge is 2.46. The van der Waals surface area contributed by atoms with Crippen LogP contribution in [0.2, 0.25) is 0 Å². The summed E-state index contributed by atoms with van der Waals surface area (Å²) in [5.41, 5.74) is 0. The highest BCUT2D eigenvalue weighted by molar-refractivity contribution is 4.89. The molecule has 0 spiro atoms. The minimum atomic E-state index is -2.01. The molecule has 0 bridgehead atoms. The van der Waals surface area contributed by atoms with E-state index in [1.165, 1.54) is 0 Å². The second kappa shape index (κ2) is 3.27. The second-order valence-electron chi connectivity index (χ2n) is 3.23. The van der Waals surface area contributed by atoms with Crippen LogP contribution in [-0.2, 0) is 4.74 Å². The Morgan fingerprint density at radius 2 is 2.08 bits per heavy atom. The first-order chi connectivity index (χ1) is 5.51. The summed E-state index contributed by atoms with van der Waals surface area (Å²) in [6.45, 7) is 1.08. The molecule has 1 fully saturated rings. The third-order valence-electron chi connectivity index (χ3n) is 2.19. The lowest BCUT2D eigenvalue weighted by Crippen LogP contribution is -2.60. The summed E-state index contributed by atoms with van der Waals surface area (Å²) in [5.74, 6) is -2.25. The molecule has 72 valence electrons. The van der Waals surface area contributed by atoms with Gasteiger partial charge in [-0.3, -0.25) is 0 Å². The lowest BCUT2D eigenvalue weighted by atomic mass is 9.92. The molecule has 1 saturated heterocycles. The van der Waals surface area contributed by atoms with E-state index >= 15 is 0 Å². The lowest BCUT2D eigenvalue weighted by Gasteiger charge is -2.41. The van der Waals surface area contributed by atoms with Crippen molar-refractivity contribution in [1.29, 1.82) is 0 Å². The van der Waals surface area contributed by atoms with Crippen LogP contribution < -0.4 is 0 Å². The van der Waals surface area contributed by atoms with Crippen LogP contribution in [-0.4, -0.2) is 51.6 Å². The van der Waals surface area contributed by atoms with Crippen LogP contribution in [0, 0.1) is 5.92 Å². The Bertz CT molecular complexity index is 162. The monoisotopic (exact) mass is 178 g/mol. The Balaban J connectivity index is 2.71. The maximum atomic E-state index is 9.35. The van der Waals surface area contributed by atoms with Gasteiger partial charge in [0.2, 0.25) is 5.79 Å². The predicted molar refractivity (Wildman–Crippen MR) is 39.2 cm³/mol. The maximum absolute atomic E-state index is 9.35. The molecular weight excluding hydrogens is 164 g/mol. The van der Waals surface area contributed by atoms with E-state index in [0.717, 1.165) is 0 Å². The zero-order chi connectivity index (χ0) is 9.35. The number of hydrogen-bond donors (Lipinski definition) is 4. The van der Waals surface area contributed by atoms with Crippen molar-refractivity contribution in [1.82, 2.24) is 0 Å². The molecule has 0 saturated carbocycles. The Hall–Kier alpha value is -0.200. The normalized spacial score (nSPS) is 49.2. The fraction of sp³-hybridized carbons (Fsp3) is 1.00. The van der Waals surface area contributed by atoms with Gasteiger partial charge in [0, 0.05) is 5.92 Å². The van der Waals surface area contributed by atoms with E-state index in [9.17, 15) is 15.3 Å². The standard InChI is InChI=1S/C7H14O5/c1-4-2-12-7(11,3-8)6(10)5(4)9/h4-6,8-11H,2-3H2,1H3/t4-,5-,6+,7?/m1/s1. The molecule has 0 aliphatic carbocycles. The van der Waals surface area contributed by atoms with Gasteiger partial charge in [0.1, 0.15) is 6.10 Å². The van der Waals surface area contributed by atoms with Crippen molar-refractivity contribution in [2.45, 2.75) is 24.9 Å². The van der Waals surface area contributed by atoms with Gasteiger partial charge in [-0.05, 0) is 0 Å². The molecule has 0 aromatic carbocycles. The number of aliphatic hydroxyl groups excluding tert-OH is 3. The summed E-state index contributed by atoms with van der Waals surface area (Å²) in [6.07, 6.45) is -2.51. The molecule has 12 heavy (non-hydrogen) atoms. The van der Waals surface area contributed by atoms with E-state index in [2.05, 4.69) is 0 Å². The molecule has 0 aromatic heterocycles. The Kier molecular flexibility index (Phi) is 2.70. The van der Waals surface area contributed by atoms with Gasteiger partial charge in [0.05, 0.1) is 19.3 Å². The van der Waals surface area contributed by atoms with Gasteiger partial charge in [0.25, 0.3) is 0 Å². The number of aliphatic hydroxyl groups is 4. The molecule has 4 atom stereocenters. The SMILES string of the molecule is C[C@@H]1COC(O)(CO)[C@@H](O)[C@@H]1O. The number of rotatable bonds is 1. The zero-order valence-electron chi connectivity index (χ0n) is 6.84. The Morgan fingerprint density at radius 1 is 1.50 bits per heavy atom. The van der Waals surface area contributed by atoms with Gasteiger partial charge in [-0.15, -0.1) is 0 Å². The fourth-order valence-corrected chi connectivity index (χ4v) is 1.18. The van der Waals surface area contributed by atoms with Crippen molar-refractivity contribution in [3.05, 3.63) is 0 Å². The topological polar surface area (TPSA) is 90.2 Å². The van der Waals surface area contributed by atoms with Crippen molar-refractivity contribution >= 4 is 0 Å².